The highest BCUT2D eigenvalue weighted by Crippen LogP contribution is 2.44. The molecule has 1 aliphatic rings. The van der Waals surface area contributed by atoms with Crippen molar-refractivity contribution in [2.24, 2.45) is 0 Å². The fraction of sp³-hybridized carbons (Fsp3) is 0.128. The van der Waals surface area contributed by atoms with Crippen LogP contribution in [0.1, 0.15) is 73.0 Å². The van der Waals surface area contributed by atoms with E-state index in [0.717, 1.165) is 39.4 Å². The standard InChI is InChI=1S/C47H41N3O2/c1-32(2)41-19-13-20-42(33(3)4)45(41)50-46(51)43(35-24-21-34(22-25-35)23-28-37-14-11-12-31-48-37)44(47(50)52)36-26-29-40(30-27-36)49(38-15-7-5-8-16-38)39-17-9-6-10-18-39/h5-33H,1-4H3. The van der Waals surface area contributed by atoms with E-state index in [4.69, 9.17) is 0 Å². The molecule has 0 saturated carbocycles. The Labute approximate surface area is 306 Å². The number of benzene rings is 5. The van der Waals surface area contributed by atoms with E-state index in [2.05, 4.69) is 61.8 Å². The van der Waals surface area contributed by atoms with Crippen LogP contribution in [0.4, 0.5) is 22.7 Å². The van der Waals surface area contributed by atoms with E-state index in [-0.39, 0.29) is 23.7 Å². The maximum atomic E-state index is 14.9. The van der Waals surface area contributed by atoms with E-state index >= 15 is 0 Å². The predicted molar refractivity (Wildman–Crippen MR) is 215 cm³/mol. The number of rotatable bonds is 10. The molecule has 0 fully saturated rings. The van der Waals surface area contributed by atoms with Gasteiger partial charge in [-0.1, -0.05) is 131 Å². The second kappa shape index (κ2) is 14.9. The maximum absolute atomic E-state index is 14.9. The number of hydrogen-bond donors (Lipinski definition) is 0. The molecule has 0 atom stereocenters. The smallest absolute Gasteiger partial charge is 0.266 e. The zero-order chi connectivity index (χ0) is 36.2. The van der Waals surface area contributed by atoms with Gasteiger partial charge < -0.3 is 4.90 Å². The van der Waals surface area contributed by atoms with Crippen molar-refractivity contribution in [2.75, 3.05) is 9.80 Å². The number of anilines is 4. The largest absolute Gasteiger partial charge is 0.311 e. The highest BCUT2D eigenvalue weighted by molar-refractivity contribution is 6.57. The van der Waals surface area contributed by atoms with Crippen molar-refractivity contribution in [2.45, 2.75) is 39.5 Å². The van der Waals surface area contributed by atoms with Gasteiger partial charge in [-0.25, -0.2) is 4.90 Å². The maximum Gasteiger partial charge on any atom is 0.266 e. The number of amides is 2. The van der Waals surface area contributed by atoms with Crippen molar-refractivity contribution in [1.29, 1.82) is 0 Å². The van der Waals surface area contributed by atoms with Gasteiger partial charge in [0.1, 0.15) is 0 Å². The van der Waals surface area contributed by atoms with Crippen LogP contribution in [0.25, 0.3) is 23.3 Å². The number of aromatic nitrogens is 1. The lowest BCUT2D eigenvalue weighted by Crippen LogP contribution is -2.33. The average molecular weight is 680 g/mol. The molecule has 5 nitrogen and oxygen atoms in total. The van der Waals surface area contributed by atoms with Gasteiger partial charge in [-0.2, -0.15) is 0 Å². The third kappa shape index (κ3) is 6.73. The van der Waals surface area contributed by atoms with Crippen LogP contribution in [0.15, 0.2) is 152 Å². The van der Waals surface area contributed by atoms with Crippen LogP contribution in [0, 0.1) is 0 Å². The van der Waals surface area contributed by atoms with Crippen LogP contribution in [0.5, 0.6) is 0 Å². The third-order valence-corrected chi connectivity index (χ3v) is 9.43. The summed E-state index contributed by atoms with van der Waals surface area (Å²) in [5, 5.41) is 0. The van der Waals surface area contributed by atoms with Crippen LogP contribution >= 0.6 is 0 Å². The van der Waals surface area contributed by atoms with E-state index in [1.54, 1.807) is 6.20 Å². The van der Waals surface area contributed by atoms with Gasteiger partial charge in [0.2, 0.25) is 0 Å². The Balaban J connectivity index is 1.35. The van der Waals surface area contributed by atoms with Gasteiger partial charge in [0.15, 0.2) is 0 Å². The van der Waals surface area contributed by atoms with Crippen LogP contribution in [0.2, 0.25) is 0 Å². The number of carbonyl (C=O) groups is 2. The summed E-state index contributed by atoms with van der Waals surface area (Å²) in [6.07, 6.45) is 5.71. The van der Waals surface area contributed by atoms with Crippen molar-refractivity contribution in [3.63, 3.8) is 0 Å². The summed E-state index contributed by atoms with van der Waals surface area (Å²) in [6, 6.07) is 48.0. The van der Waals surface area contributed by atoms with Gasteiger partial charge in [0.05, 0.1) is 22.5 Å². The third-order valence-electron chi connectivity index (χ3n) is 9.43. The summed E-state index contributed by atoms with van der Waals surface area (Å²) in [4.78, 5) is 37.7. The van der Waals surface area contributed by atoms with E-state index in [1.807, 2.05) is 133 Å². The number of carbonyl (C=O) groups excluding carboxylic acids is 2. The Hall–Kier alpha value is -6.33. The highest BCUT2D eigenvalue weighted by atomic mass is 16.2. The summed E-state index contributed by atoms with van der Waals surface area (Å²) < 4.78 is 0. The summed E-state index contributed by atoms with van der Waals surface area (Å²) in [5.74, 6) is -0.419. The average Bonchev–Trinajstić information content (AvgIpc) is 3.44. The fourth-order valence-electron chi connectivity index (χ4n) is 6.83. The van der Waals surface area contributed by atoms with Gasteiger partial charge in [0.25, 0.3) is 11.8 Å². The molecule has 52 heavy (non-hydrogen) atoms. The van der Waals surface area contributed by atoms with Gasteiger partial charge in [-0.3, -0.25) is 14.6 Å². The minimum atomic E-state index is -0.315. The minimum Gasteiger partial charge on any atom is -0.311 e. The minimum absolute atomic E-state index is 0.105. The number of pyridine rings is 1. The molecule has 1 aromatic heterocycles. The molecule has 5 aromatic carbocycles. The molecule has 0 bridgehead atoms. The van der Waals surface area contributed by atoms with Gasteiger partial charge in [-0.05, 0) is 94.3 Å². The lowest BCUT2D eigenvalue weighted by atomic mass is 9.91. The van der Waals surface area contributed by atoms with E-state index in [1.165, 1.54) is 4.90 Å². The monoisotopic (exact) mass is 679 g/mol. The molecular formula is C47H41N3O2. The quantitative estimate of drug-likeness (QED) is 0.135. The van der Waals surface area contributed by atoms with Crippen LogP contribution < -0.4 is 9.80 Å². The lowest BCUT2D eigenvalue weighted by molar-refractivity contribution is -0.119. The first-order chi connectivity index (χ1) is 25.3. The molecule has 0 radical (unpaired) electrons. The Kier molecular flexibility index (Phi) is 9.77. The van der Waals surface area contributed by atoms with Crippen molar-refractivity contribution < 1.29 is 9.59 Å². The summed E-state index contributed by atoms with van der Waals surface area (Å²) in [7, 11) is 0. The second-order valence-electron chi connectivity index (χ2n) is 13.6. The predicted octanol–water partition coefficient (Wildman–Crippen LogP) is 11.5. The molecule has 0 aliphatic carbocycles. The molecule has 2 heterocycles. The van der Waals surface area contributed by atoms with Gasteiger partial charge in [0, 0.05) is 23.3 Å². The summed E-state index contributed by atoms with van der Waals surface area (Å²) >= 11 is 0. The molecule has 256 valence electrons. The molecule has 5 heteroatoms. The van der Waals surface area contributed by atoms with Crippen LogP contribution in [-0.4, -0.2) is 16.8 Å². The van der Waals surface area contributed by atoms with Crippen molar-refractivity contribution in [1.82, 2.24) is 4.98 Å². The molecule has 1 aliphatic heterocycles. The SMILES string of the molecule is CC(C)c1cccc(C(C)C)c1N1C(=O)C(c2ccc(C=Cc3ccccn3)cc2)=C(c2ccc(N(c3ccccc3)c3ccccc3)cc2)C1=O. The highest BCUT2D eigenvalue weighted by Gasteiger charge is 2.42. The molecule has 0 spiro atoms. The number of para-hydroxylation sites is 3. The first-order valence-electron chi connectivity index (χ1n) is 17.8. The van der Waals surface area contributed by atoms with Crippen molar-refractivity contribution in [3.8, 4) is 0 Å². The molecule has 0 saturated heterocycles. The normalized spacial score (nSPS) is 13.2. The first kappa shape index (κ1) is 34.1. The van der Waals surface area contributed by atoms with E-state index < -0.39 is 0 Å². The van der Waals surface area contributed by atoms with Crippen LogP contribution in [0.3, 0.4) is 0 Å². The summed E-state index contributed by atoms with van der Waals surface area (Å²) in [6.45, 7) is 8.41. The van der Waals surface area contributed by atoms with E-state index in [0.29, 0.717) is 28.0 Å². The Morgan fingerprint density at radius 2 is 1.00 bits per heavy atom. The summed E-state index contributed by atoms with van der Waals surface area (Å²) in [5.41, 5.74) is 9.60. The Bertz CT molecular complexity index is 2190. The molecular weight excluding hydrogens is 639 g/mol. The van der Waals surface area contributed by atoms with E-state index in [9.17, 15) is 9.59 Å². The first-order valence-corrected chi connectivity index (χ1v) is 17.8. The van der Waals surface area contributed by atoms with Crippen molar-refractivity contribution >= 4 is 57.9 Å². The molecule has 7 rings (SSSR count). The number of nitrogens with zero attached hydrogens (tertiary/aromatic N) is 3. The number of imide groups is 1. The Morgan fingerprint density at radius 3 is 1.48 bits per heavy atom. The second-order valence-corrected chi connectivity index (χ2v) is 13.6. The molecule has 0 N–H and O–H groups in total. The Morgan fingerprint density at radius 1 is 0.519 bits per heavy atom. The molecule has 6 aromatic rings. The fourth-order valence-corrected chi connectivity index (χ4v) is 6.83. The van der Waals surface area contributed by atoms with Gasteiger partial charge in [-0.15, -0.1) is 0 Å². The lowest BCUT2D eigenvalue weighted by Gasteiger charge is -2.26. The van der Waals surface area contributed by atoms with Crippen LogP contribution in [-0.2, 0) is 9.59 Å². The van der Waals surface area contributed by atoms with Crippen molar-refractivity contribution in [3.05, 3.63) is 185 Å². The zero-order valence-corrected chi connectivity index (χ0v) is 29.9. The topological polar surface area (TPSA) is 53.5 Å². The molecule has 0 unspecified atom stereocenters. The van der Waals surface area contributed by atoms with Gasteiger partial charge >= 0.3 is 0 Å². The number of hydrogen-bond acceptors (Lipinski definition) is 4. The zero-order valence-electron chi connectivity index (χ0n) is 29.9. The molecule has 2 amide bonds.